The number of benzene rings is 9. The Labute approximate surface area is 311 Å². The molecule has 0 bridgehead atoms. The summed E-state index contributed by atoms with van der Waals surface area (Å²) in [6.07, 6.45) is 3.75. The van der Waals surface area contributed by atoms with Crippen LogP contribution in [0.3, 0.4) is 0 Å². The van der Waals surface area contributed by atoms with E-state index in [1.807, 2.05) is 23.9 Å². The Morgan fingerprint density at radius 1 is 0.358 bits per heavy atom. The summed E-state index contributed by atoms with van der Waals surface area (Å²) in [5, 5.41) is 12.7. The first-order chi connectivity index (χ1) is 26.3. The van der Waals surface area contributed by atoms with Crippen molar-refractivity contribution in [1.82, 2.24) is 0 Å². The van der Waals surface area contributed by atoms with Gasteiger partial charge in [0.05, 0.1) is 12.5 Å². The highest BCUT2D eigenvalue weighted by molar-refractivity contribution is 7.26. The predicted octanol–water partition coefficient (Wildman–Crippen LogP) is 15.2. The Morgan fingerprint density at radius 2 is 0.792 bits per heavy atom. The Balaban J connectivity index is 1.24. The van der Waals surface area contributed by atoms with Gasteiger partial charge in [-0.15, -0.1) is 11.3 Å². The second kappa shape index (κ2) is 11.8. The van der Waals surface area contributed by atoms with E-state index in [4.69, 9.17) is 4.42 Å². The molecule has 11 aromatic rings. The molecule has 0 spiro atoms. The molecule has 0 atom stereocenters. The van der Waals surface area contributed by atoms with E-state index in [1.165, 1.54) is 102 Å². The first-order valence-corrected chi connectivity index (χ1v) is 19.0. The van der Waals surface area contributed by atoms with Gasteiger partial charge in [0.25, 0.3) is 0 Å². The maximum Gasteiger partial charge on any atom is 0.0984 e. The molecule has 0 unspecified atom stereocenters. The molecule has 53 heavy (non-hydrogen) atoms. The van der Waals surface area contributed by atoms with Crippen molar-refractivity contribution in [3.63, 3.8) is 0 Å². The van der Waals surface area contributed by atoms with Gasteiger partial charge in [-0.2, -0.15) is 0 Å². The fourth-order valence-corrected chi connectivity index (χ4v) is 10.2. The molecule has 2 heterocycles. The van der Waals surface area contributed by atoms with E-state index < -0.39 is 0 Å². The lowest BCUT2D eigenvalue weighted by Crippen LogP contribution is -1.91. The fraction of sp³-hybridized carbons (Fsp3) is 0.0196. The number of hydrogen-bond donors (Lipinski definition) is 0. The fourth-order valence-electron chi connectivity index (χ4n) is 8.91. The molecule has 0 aliphatic heterocycles. The smallest absolute Gasteiger partial charge is 0.0984 e. The molecular weight excluding hydrogens is 661 g/mol. The Hall–Kier alpha value is -6.48. The maximum atomic E-state index is 5.74. The normalized spacial score (nSPS) is 11.9. The van der Waals surface area contributed by atoms with Crippen LogP contribution < -0.4 is 0 Å². The molecule has 0 saturated carbocycles. The molecule has 0 radical (unpaired) electrons. The summed E-state index contributed by atoms with van der Waals surface area (Å²) in [7, 11) is 0. The summed E-state index contributed by atoms with van der Waals surface area (Å²) in [5.41, 5.74) is 11.2. The van der Waals surface area contributed by atoms with Crippen LogP contribution in [0.2, 0.25) is 0 Å². The number of aryl methyl sites for hydroxylation is 1. The molecule has 2 aromatic heterocycles. The zero-order valence-corrected chi connectivity index (χ0v) is 29.9. The first-order valence-electron chi connectivity index (χ1n) is 18.2. The molecule has 0 saturated heterocycles. The number of hydrogen-bond acceptors (Lipinski definition) is 2. The summed E-state index contributed by atoms with van der Waals surface area (Å²) in [6.45, 7) is 2.13. The first kappa shape index (κ1) is 30.2. The third-order valence-corrected chi connectivity index (χ3v) is 12.3. The molecule has 0 N–H and O–H groups in total. The lowest BCUT2D eigenvalue weighted by Gasteiger charge is -2.18. The number of furan rings is 1. The molecule has 2 heteroatoms. The van der Waals surface area contributed by atoms with Gasteiger partial charge in [0, 0.05) is 36.9 Å². The highest BCUT2D eigenvalue weighted by Gasteiger charge is 2.23. The Morgan fingerprint density at radius 3 is 1.32 bits per heavy atom. The van der Waals surface area contributed by atoms with Crippen molar-refractivity contribution in [1.29, 1.82) is 0 Å². The van der Waals surface area contributed by atoms with E-state index in [0.717, 1.165) is 11.1 Å². The topological polar surface area (TPSA) is 13.1 Å². The van der Waals surface area contributed by atoms with Crippen molar-refractivity contribution in [2.24, 2.45) is 0 Å². The van der Waals surface area contributed by atoms with Gasteiger partial charge in [-0.25, -0.2) is 0 Å². The lowest BCUT2D eigenvalue weighted by molar-refractivity contribution is 0.566. The van der Waals surface area contributed by atoms with Gasteiger partial charge in [0.2, 0.25) is 0 Å². The highest BCUT2D eigenvalue weighted by atomic mass is 32.1. The van der Waals surface area contributed by atoms with Crippen molar-refractivity contribution in [2.45, 2.75) is 6.92 Å². The standard InChI is InChI=1S/C51H32OS/c1-31-29-52-30-44(31)49-39-23-11-9-21-37(39)48(38-22-10-12-24-40(38)49)42-26-13-27-43-50-41(25-14-28-45(50)53-51(42)43)47-35-19-7-5-17-33(35)46(32-15-3-2-4-16-32)34-18-6-8-20-36(34)47/h2-30H,1H3. The molecule has 11 rings (SSSR count). The average molecular weight is 693 g/mol. The summed E-state index contributed by atoms with van der Waals surface area (Å²) < 4.78 is 8.34. The molecule has 0 aliphatic rings. The van der Waals surface area contributed by atoms with Gasteiger partial charge in [0.15, 0.2) is 0 Å². The second-order valence-corrected chi connectivity index (χ2v) is 15.0. The third-order valence-electron chi connectivity index (χ3n) is 11.1. The molecule has 248 valence electrons. The number of thiophene rings is 1. The molecule has 0 fully saturated rings. The summed E-state index contributed by atoms with van der Waals surface area (Å²) >= 11 is 1.91. The van der Waals surface area contributed by atoms with E-state index in [-0.39, 0.29) is 0 Å². The van der Waals surface area contributed by atoms with Gasteiger partial charge in [-0.05, 0) is 89.5 Å². The van der Waals surface area contributed by atoms with Crippen LogP contribution in [0, 0.1) is 6.92 Å². The van der Waals surface area contributed by atoms with Crippen LogP contribution in [0.25, 0.3) is 108 Å². The van der Waals surface area contributed by atoms with Gasteiger partial charge in [0.1, 0.15) is 0 Å². The van der Waals surface area contributed by atoms with Crippen molar-refractivity contribution >= 4 is 74.6 Å². The summed E-state index contributed by atoms with van der Waals surface area (Å²) in [4.78, 5) is 0. The molecular formula is C51H32OS. The Bertz CT molecular complexity index is 3120. The van der Waals surface area contributed by atoms with Crippen LogP contribution in [0.4, 0.5) is 0 Å². The molecule has 0 aliphatic carbocycles. The van der Waals surface area contributed by atoms with Gasteiger partial charge < -0.3 is 4.42 Å². The predicted molar refractivity (Wildman–Crippen MR) is 228 cm³/mol. The van der Waals surface area contributed by atoms with E-state index in [1.54, 1.807) is 0 Å². The van der Waals surface area contributed by atoms with Crippen LogP contribution in [0.1, 0.15) is 5.56 Å². The van der Waals surface area contributed by atoms with Crippen LogP contribution in [0.5, 0.6) is 0 Å². The minimum Gasteiger partial charge on any atom is -0.472 e. The van der Waals surface area contributed by atoms with E-state index >= 15 is 0 Å². The van der Waals surface area contributed by atoms with Gasteiger partial charge in [-0.3, -0.25) is 0 Å². The van der Waals surface area contributed by atoms with Crippen LogP contribution >= 0.6 is 11.3 Å². The SMILES string of the molecule is Cc1cocc1-c1c2ccccc2c(-c2cccc3c2sc2cccc(-c4c5ccccc5c(-c5ccccc5)c5ccccc45)c23)c2ccccc12. The van der Waals surface area contributed by atoms with E-state index in [2.05, 4.69) is 171 Å². The quantitative estimate of drug-likeness (QED) is 0.167. The third kappa shape index (κ3) is 4.43. The van der Waals surface area contributed by atoms with Crippen molar-refractivity contribution in [2.75, 3.05) is 0 Å². The van der Waals surface area contributed by atoms with Crippen molar-refractivity contribution in [3.05, 3.63) is 182 Å². The summed E-state index contributed by atoms with van der Waals surface area (Å²) in [5.74, 6) is 0. The Kier molecular flexibility index (Phi) is 6.71. The van der Waals surface area contributed by atoms with Crippen molar-refractivity contribution < 1.29 is 4.42 Å². The number of rotatable bonds is 4. The molecule has 9 aromatic carbocycles. The van der Waals surface area contributed by atoms with E-state index in [9.17, 15) is 0 Å². The van der Waals surface area contributed by atoms with Gasteiger partial charge >= 0.3 is 0 Å². The molecule has 1 nitrogen and oxygen atoms in total. The minimum atomic E-state index is 1.14. The largest absolute Gasteiger partial charge is 0.472 e. The van der Waals surface area contributed by atoms with Crippen LogP contribution in [-0.4, -0.2) is 0 Å². The van der Waals surface area contributed by atoms with Crippen LogP contribution in [0.15, 0.2) is 181 Å². The van der Waals surface area contributed by atoms with E-state index in [0.29, 0.717) is 0 Å². The van der Waals surface area contributed by atoms with Gasteiger partial charge in [-0.1, -0.05) is 158 Å². The monoisotopic (exact) mass is 692 g/mol. The number of fused-ring (bicyclic) bond motifs is 7. The zero-order chi connectivity index (χ0) is 35.0. The minimum absolute atomic E-state index is 1.14. The molecule has 0 amide bonds. The highest BCUT2D eigenvalue weighted by Crippen LogP contribution is 2.51. The maximum absolute atomic E-state index is 5.74. The van der Waals surface area contributed by atoms with Crippen molar-refractivity contribution in [3.8, 4) is 44.5 Å². The summed E-state index contributed by atoms with van der Waals surface area (Å²) in [6, 6.07) is 60.4. The zero-order valence-electron chi connectivity index (χ0n) is 29.1. The second-order valence-electron chi connectivity index (χ2n) is 14.0. The lowest BCUT2D eigenvalue weighted by atomic mass is 9.84. The average Bonchev–Trinajstić information content (AvgIpc) is 3.82. The van der Waals surface area contributed by atoms with Crippen LogP contribution in [-0.2, 0) is 0 Å².